The van der Waals surface area contributed by atoms with Gasteiger partial charge in [0.25, 0.3) is 0 Å². The Hall–Kier alpha value is -1.13. The van der Waals surface area contributed by atoms with Gasteiger partial charge in [0.1, 0.15) is 5.82 Å². The Morgan fingerprint density at radius 1 is 1.47 bits per heavy atom. The summed E-state index contributed by atoms with van der Waals surface area (Å²) in [7, 11) is 0. The molecule has 94 valence electrons. The topological polar surface area (TPSA) is 56.6 Å². The molecule has 4 nitrogen and oxygen atoms in total. The van der Waals surface area contributed by atoms with E-state index in [1.165, 1.54) is 0 Å². The average Bonchev–Trinajstić information content (AvgIpc) is 2.32. The number of hydrogen-bond acceptors (Lipinski definition) is 4. The van der Waals surface area contributed by atoms with Gasteiger partial charge in [0.2, 0.25) is 0 Å². The van der Waals surface area contributed by atoms with Crippen LogP contribution in [-0.2, 0) is 6.61 Å². The van der Waals surface area contributed by atoms with Gasteiger partial charge in [-0.15, -0.1) is 0 Å². The highest BCUT2D eigenvalue weighted by Gasteiger charge is 2.25. The minimum atomic E-state index is -0.288. The molecule has 2 unspecified atom stereocenters. The average molecular weight is 236 g/mol. The van der Waals surface area contributed by atoms with Crippen molar-refractivity contribution in [3.05, 3.63) is 23.4 Å². The smallest absolute Gasteiger partial charge is 0.129 e. The van der Waals surface area contributed by atoms with Crippen molar-refractivity contribution in [2.24, 2.45) is 5.92 Å². The molecule has 0 bridgehead atoms. The molecule has 17 heavy (non-hydrogen) atoms. The zero-order chi connectivity index (χ0) is 12.4. The molecule has 0 aromatic carbocycles. The molecule has 2 rings (SSSR count). The molecule has 1 aliphatic heterocycles. The first-order valence-corrected chi connectivity index (χ1v) is 6.11. The summed E-state index contributed by atoms with van der Waals surface area (Å²) in [5.74, 6) is 1.22. The monoisotopic (exact) mass is 236 g/mol. The van der Waals surface area contributed by atoms with Crippen LogP contribution in [0.2, 0.25) is 0 Å². The fourth-order valence-corrected chi connectivity index (χ4v) is 2.23. The summed E-state index contributed by atoms with van der Waals surface area (Å²) in [6.07, 6.45) is 0.689. The van der Waals surface area contributed by atoms with Crippen molar-refractivity contribution >= 4 is 5.82 Å². The number of aryl methyl sites for hydroxylation is 1. The second-order valence-electron chi connectivity index (χ2n) is 4.91. The summed E-state index contributed by atoms with van der Waals surface area (Å²) in [5, 5.41) is 19.1. The van der Waals surface area contributed by atoms with E-state index in [-0.39, 0.29) is 12.7 Å². The highest BCUT2D eigenvalue weighted by Crippen LogP contribution is 2.23. The highest BCUT2D eigenvalue weighted by molar-refractivity contribution is 5.43. The lowest BCUT2D eigenvalue weighted by Crippen LogP contribution is -2.43. The normalized spacial score (nSPS) is 25.1. The first-order chi connectivity index (χ1) is 8.10. The van der Waals surface area contributed by atoms with Crippen LogP contribution in [0.4, 0.5) is 5.82 Å². The number of aromatic nitrogens is 1. The first kappa shape index (κ1) is 12.3. The van der Waals surface area contributed by atoms with Gasteiger partial charge in [-0.05, 0) is 37.0 Å². The molecule has 1 aromatic rings. The van der Waals surface area contributed by atoms with Gasteiger partial charge in [0.05, 0.1) is 12.7 Å². The van der Waals surface area contributed by atoms with Crippen molar-refractivity contribution in [2.75, 3.05) is 18.0 Å². The Kier molecular flexibility index (Phi) is 3.64. The Balaban J connectivity index is 2.19. The number of pyridine rings is 1. The van der Waals surface area contributed by atoms with Crippen LogP contribution in [-0.4, -0.2) is 34.4 Å². The summed E-state index contributed by atoms with van der Waals surface area (Å²) >= 11 is 0. The molecular formula is C13H20N2O2. The Bertz CT molecular complexity index is 395. The van der Waals surface area contributed by atoms with Crippen molar-refractivity contribution in [1.82, 2.24) is 4.98 Å². The van der Waals surface area contributed by atoms with E-state index in [1.54, 1.807) is 0 Å². The number of rotatable bonds is 2. The SMILES string of the molecule is Cc1cc(CO)cc(N2CCC(C)C(O)C2)n1. The number of β-amino-alcohol motifs (C(OH)–C–C–N with tert-alkyl or cyclic N) is 1. The van der Waals surface area contributed by atoms with Gasteiger partial charge in [-0.1, -0.05) is 6.92 Å². The molecule has 2 N–H and O–H groups in total. The van der Waals surface area contributed by atoms with Crippen molar-refractivity contribution in [2.45, 2.75) is 33.0 Å². The number of piperidine rings is 1. The van der Waals surface area contributed by atoms with E-state index >= 15 is 0 Å². The lowest BCUT2D eigenvalue weighted by Gasteiger charge is -2.35. The predicted octanol–water partition coefficient (Wildman–Crippen LogP) is 1.09. The highest BCUT2D eigenvalue weighted by atomic mass is 16.3. The molecule has 1 aliphatic rings. The Morgan fingerprint density at radius 2 is 2.24 bits per heavy atom. The minimum absolute atomic E-state index is 0.0309. The summed E-state index contributed by atoms with van der Waals surface area (Å²) in [6, 6.07) is 3.78. The van der Waals surface area contributed by atoms with E-state index in [9.17, 15) is 10.2 Å². The van der Waals surface area contributed by atoms with Crippen molar-refractivity contribution in [3.8, 4) is 0 Å². The van der Waals surface area contributed by atoms with E-state index in [4.69, 9.17) is 0 Å². The predicted molar refractivity (Wildman–Crippen MR) is 66.9 cm³/mol. The molecule has 2 atom stereocenters. The van der Waals surface area contributed by atoms with Gasteiger partial charge < -0.3 is 15.1 Å². The zero-order valence-corrected chi connectivity index (χ0v) is 10.4. The fourth-order valence-electron chi connectivity index (χ4n) is 2.23. The standard InChI is InChI=1S/C13H20N2O2/c1-9-3-4-15(7-12(9)17)13-6-11(8-16)5-10(2)14-13/h5-6,9,12,16-17H,3-4,7-8H2,1-2H3. The van der Waals surface area contributed by atoms with Gasteiger partial charge in [-0.3, -0.25) is 0 Å². The zero-order valence-electron chi connectivity index (χ0n) is 10.4. The third-order valence-corrected chi connectivity index (χ3v) is 3.42. The number of aliphatic hydroxyl groups is 2. The molecule has 2 heterocycles. The van der Waals surface area contributed by atoms with Gasteiger partial charge in [0.15, 0.2) is 0 Å². The van der Waals surface area contributed by atoms with Crippen LogP contribution < -0.4 is 4.90 Å². The molecule has 0 amide bonds. The third-order valence-electron chi connectivity index (χ3n) is 3.42. The van der Waals surface area contributed by atoms with E-state index in [0.717, 1.165) is 30.0 Å². The van der Waals surface area contributed by atoms with Gasteiger partial charge in [-0.25, -0.2) is 4.98 Å². The molecule has 1 aromatic heterocycles. The maximum atomic E-state index is 9.89. The molecule has 0 saturated carbocycles. The van der Waals surface area contributed by atoms with Gasteiger partial charge in [-0.2, -0.15) is 0 Å². The summed E-state index contributed by atoms with van der Waals surface area (Å²) in [4.78, 5) is 6.56. The molecule has 0 spiro atoms. The summed E-state index contributed by atoms with van der Waals surface area (Å²) in [5.41, 5.74) is 1.78. The van der Waals surface area contributed by atoms with Crippen LogP contribution in [0.3, 0.4) is 0 Å². The molecular weight excluding hydrogens is 216 g/mol. The number of nitrogens with zero attached hydrogens (tertiary/aromatic N) is 2. The van der Waals surface area contributed by atoms with Gasteiger partial charge >= 0.3 is 0 Å². The van der Waals surface area contributed by atoms with E-state index in [2.05, 4.69) is 16.8 Å². The molecule has 4 heteroatoms. The largest absolute Gasteiger partial charge is 0.392 e. The second kappa shape index (κ2) is 5.02. The number of hydrogen-bond donors (Lipinski definition) is 2. The first-order valence-electron chi connectivity index (χ1n) is 6.11. The maximum absolute atomic E-state index is 9.89. The Labute approximate surface area is 102 Å². The summed E-state index contributed by atoms with van der Waals surface area (Å²) in [6.45, 7) is 5.57. The molecule has 1 fully saturated rings. The van der Waals surface area contributed by atoms with E-state index < -0.39 is 0 Å². The maximum Gasteiger partial charge on any atom is 0.129 e. The van der Waals surface area contributed by atoms with Crippen molar-refractivity contribution in [3.63, 3.8) is 0 Å². The van der Waals surface area contributed by atoms with Crippen LogP contribution in [0.1, 0.15) is 24.6 Å². The number of anilines is 1. The lowest BCUT2D eigenvalue weighted by atomic mass is 9.96. The van der Waals surface area contributed by atoms with Gasteiger partial charge in [0, 0.05) is 18.8 Å². The second-order valence-corrected chi connectivity index (χ2v) is 4.91. The van der Waals surface area contributed by atoms with Crippen LogP contribution in [0.25, 0.3) is 0 Å². The van der Waals surface area contributed by atoms with Crippen LogP contribution in [0.5, 0.6) is 0 Å². The number of aliphatic hydroxyl groups excluding tert-OH is 2. The molecule has 0 radical (unpaired) electrons. The summed E-state index contributed by atoms with van der Waals surface area (Å²) < 4.78 is 0. The minimum Gasteiger partial charge on any atom is -0.392 e. The van der Waals surface area contributed by atoms with E-state index in [1.807, 2.05) is 19.1 Å². The van der Waals surface area contributed by atoms with Crippen molar-refractivity contribution in [1.29, 1.82) is 0 Å². The van der Waals surface area contributed by atoms with Crippen LogP contribution in [0.15, 0.2) is 12.1 Å². The quantitative estimate of drug-likeness (QED) is 0.807. The molecule has 0 aliphatic carbocycles. The fraction of sp³-hybridized carbons (Fsp3) is 0.615. The lowest BCUT2D eigenvalue weighted by molar-refractivity contribution is 0.102. The van der Waals surface area contributed by atoms with Crippen LogP contribution >= 0.6 is 0 Å². The van der Waals surface area contributed by atoms with Crippen molar-refractivity contribution < 1.29 is 10.2 Å². The Morgan fingerprint density at radius 3 is 2.88 bits per heavy atom. The molecule has 1 saturated heterocycles. The van der Waals surface area contributed by atoms with E-state index in [0.29, 0.717) is 12.5 Å². The third kappa shape index (κ3) is 2.76. The van der Waals surface area contributed by atoms with Crippen LogP contribution in [0, 0.1) is 12.8 Å².